The predicted octanol–water partition coefficient (Wildman–Crippen LogP) is 3.93. The van der Waals surface area contributed by atoms with Crippen molar-refractivity contribution in [2.45, 2.75) is 45.1 Å². The molecule has 2 aromatic carbocycles. The zero-order valence-corrected chi connectivity index (χ0v) is 18.0. The molecule has 0 atom stereocenters. The quantitative estimate of drug-likeness (QED) is 0.657. The van der Waals surface area contributed by atoms with Gasteiger partial charge >= 0.3 is 0 Å². The van der Waals surface area contributed by atoms with Crippen molar-refractivity contribution in [1.82, 2.24) is 14.8 Å². The molecule has 0 unspecified atom stereocenters. The van der Waals surface area contributed by atoms with Gasteiger partial charge in [0.1, 0.15) is 17.4 Å². The normalized spacial score (nSPS) is 16.1. The van der Waals surface area contributed by atoms with E-state index in [-0.39, 0.29) is 24.5 Å². The summed E-state index contributed by atoms with van der Waals surface area (Å²) in [4.78, 5) is 25.2. The van der Waals surface area contributed by atoms with Gasteiger partial charge in [-0.15, -0.1) is 10.2 Å². The number of hydrogen-bond donors (Lipinski definition) is 1. The van der Waals surface area contributed by atoms with Crippen LogP contribution in [0.4, 0.5) is 15.8 Å². The second-order valence-corrected chi connectivity index (χ2v) is 8.14. The van der Waals surface area contributed by atoms with Crippen molar-refractivity contribution in [1.29, 1.82) is 0 Å². The molecule has 1 N–H and O–H groups in total. The van der Waals surface area contributed by atoms with Gasteiger partial charge in [-0.1, -0.05) is 24.6 Å². The van der Waals surface area contributed by atoms with E-state index in [1.807, 2.05) is 10.6 Å². The average Bonchev–Trinajstić information content (AvgIpc) is 3.08. The molecule has 2 amide bonds. The third-order valence-corrected chi connectivity index (χ3v) is 5.87. The third-order valence-electron chi connectivity index (χ3n) is 5.87. The highest BCUT2D eigenvalue weighted by Gasteiger charge is 2.26. The SMILES string of the molecule is O=C(Nc1ccc(F)c(-c2nnc3n2CCCCC3)c1)C1=NN(c2ccccc2)C(=O)CC1. The van der Waals surface area contributed by atoms with Crippen LogP contribution in [0.1, 0.15) is 37.9 Å². The Balaban J connectivity index is 1.40. The number of para-hydroxylation sites is 1. The molecule has 1 aromatic heterocycles. The number of fused-ring (bicyclic) bond motifs is 1. The van der Waals surface area contributed by atoms with E-state index >= 15 is 0 Å². The third kappa shape index (κ3) is 4.26. The molecule has 0 aliphatic carbocycles. The highest BCUT2D eigenvalue weighted by Crippen LogP contribution is 2.28. The van der Waals surface area contributed by atoms with Gasteiger partial charge in [-0.3, -0.25) is 9.59 Å². The van der Waals surface area contributed by atoms with Crippen molar-refractivity contribution in [2.75, 3.05) is 10.3 Å². The first kappa shape index (κ1) is 21.0. The van der Waals surface area contributed by atoms with Gasteiger partial charge in [-0.2, -0.15) is 5.10 Å². The summed E-state index contributed by atoms with van der Waals surface area (Å²) in [6.45, 7) is 0.744. The van der Waals surface area contributed by atoms with Gasteiger partial charge in [-0.25, -0.2) is 9.40 Å². The monoisotopic (exact) mass is 446 g/mol. The van der Waals surface area contributed by atoms with E-state index in [1.165, 1.54) is 17.1 Å². The molecule has 5 rings (SSSR count). The fraction of sp³-hybridized carbons (Fsp3) is 0.292. The fourth-order valence-corrected chi connectivity index (χ4v) is 4.15. The first-order valence-electron chi connectivity index (χ1n) is 11.1. The van der Waals surface area contributed by atoms with E-state index in [0.29, 0.717) is 22.8 Å². The number of halogens is 1. The molecule has 2 aliphatic heterocycles. The fourth-order valence-electron chi connectivity index (χ4n) is 4.15. The number of anilines is 2. The van der Waals surface area contributed by atoms with Crippen molar-refractivity contribution in [3.05, 3.63) is 60.2 Å². The zero-order valence-electron chi connectivity index (χ0n) is 18.0. The van der Waals surface area contributed by atoms with Crippen molar-refractivity contribution >= 4 is 28.9 Å². The summed E-state index contributed by atoms with van der Waals surface area (Å²) < 4.78 is 16.7. The summed E-state index contributed by atoms with van der Waals surface area (Å²) in [5.41, 5.74) is 1.55. The minimum atomic E-state index is -0.430. The highest BCUT2D eigenvalue weighted by atomic mass is 19.1. The van der Waals surface area contributed by atoms with Gasteiger partial charge in [0.2, 0.25) is 5.91 Å². The van der Waals surface area contributed by atoms with Gasteiger partial charge in [0, 0.05) is 31.5 Å². The number of aromatic nitrogens is 3. The van der Waals surface area contributed by atoms with Gasteiger partial charge in [0.25, 0.3) is 5.91 Å². The maximum atomic E-state index is 14.7. The van der Waals surface area contributed by atoms with E-state index in [2.05, 4.69) is 20.6 Å². The molecule has 3 aromatic rings. The number of hydrazone groups is 1. The number of amides is 2. The lowest BCUT2D eigenvalue weighted by Gasteiger charge is -2.23. The van der Waals surface area contributed by atoms with Crippen LogP contribution < -0.4 is 10.3 Å². The second-order valence-electron chi connectivity index (χ2n) is 8.14. The van der Waals surface area contributed by atoms with Gasteiger partial charge in [0.15, 0.2) is 5.82 Å². The minimum Gasteiger partial charge on any atom is -0.321 e. The molecule has 0 bridgehead atoms. The van der Waals surface area contributed by atoms with Crippen molar-refractivity contribution < 1.29 is 14.0 Å². The number of hydrogen-bond acceptors (Lipinski definition) is 5. The van der Waals surface area contributed by atoms with E-state index in [9.17, 15) is 14.0 Å². The van der Waals surface area contributed by atoms with Crippen LogP contribution in [0.15, 0.2) is 53.6 Å². The van der Waals surface area contributed by atoms with Gasteiger partial charge in [0.05, 0.1) is 11.3 Å². The molecule has 2 aliphatic rings. The van der Waals surface area contributed by atoms with Crippen LogP contribution >= 0.6 is 0 Å². The van der Waals surface area contributed by atoms with Crippen LogP contribution in [0.2, 0.25) is 0 Å². The Kier molecular flexibility index (Phi) is 5.68. The molecule has 9 heteroatoms. The predicted molar refractivity (Wildman–Crippen MR) is 122 cm³/mol. The molecular formula is C24H23FN6O2. The first-order valence-corrected chi connectivity index (χ1v) is 11.1. The summed E-state index contributed by atoms with van der Waals surface area (Å²) in [6, 6.07) is 13.3. The largest absolute Gasteiger partial charge is 0.321 e. The Morgan fingerprint density at radius 1 is 0.970 bits per heavy atom. The Labute approximate surface area is 190 Å². The maximum Gasteiger partial charge on any atom is 0.271 e. The first-order chi connectivity index (χ1) is 16.1. The van der Waals surface area contributed by atoms with Gasteiger partial charge < -0.3 is 9.88 Å². The Morgan fingerprint density at radius 2 is 1.82 bits per heavy atom. The summed E-state index contributed by atoms with van der Waals surface area (Å²) in [5, 5.41) is 16.8. The summed E-state index contributed by atoms with van der Waals surface area (Å²) in [5.74, 6) is 0.300. The Bertz CT molecular complexity index is 1240. The second kappa shape index (κ2) is 8.93. The molecule has 33 heavy (non-hydrogen) atoms. The lowest BCUT2D eigenvalue weighted by Crippen LogP contribution is -2.36. The number of benzene rings is 2. The Morgan fingerprint density at radius 3 is 2.67 bits per heavy atom. The number of rotatable bonds is 4. The zero-order chi connectivity index (χ0) is 22.8. The van der Waals surface area contributed by atoms with Crippen LogP contribution in [0, 0.1) is 5.82 Å². The molecule has 0 radical (unpaired) electrons. The van der Waals surface area contributed by atoms with Crippen LogP contribution in [0.3, 0.4) is 0 Å². The standard InChI is InChI=1S/C24H23FN6O2/c25-19-11-10-16(15-18(19)23-28-27-21-9-5-2-6-14-30(21)23)26-24(33)20-12-13-22(32)31(29-20)17-7-3-1-4-8-17/h1,3-4,7-8,10-11,15H,2,5-6,9,12-14H2,(H,26,33). The van der Waals surface area contributed by atoms with Crippen molar-refractivity contribution in [3.8, 4) is 11.4 Å². The molecule has 0 saturated carbocycles. The van der Waals surface area contributed by atoms with E-state index in [0.717, 1.165) is 38.1 Å². The topological polar surface area (TPSA) is 92.5 Å². The minimum absolute atomic E-state index is 0.172. The number of aryl methyl sites for hydroxylation is 1. The van der Waals surface area contributed by atoms with Crippen molar-refractivity contribution in [3.63, 3.8) is 0 Å². The summed E-state index contributed by atoms with van der Waals surface area (Å²) >= 11 is 0. The maximum absolute atomic E-state index is 14.7. The number of nitrogens with one attached hydrogen (secondary N) is 1. The highest BCUT2D eigenvalue weighted by molar-refractivity contribution is 6.44. The molecule has 3 heterocycles. The number of carbonyl (C=O) groups is 2. The molecule has 8 nitrogen and oxygen atoms in total. The number of carbonyl (C=O) groups excluding carboxylic acids is 2. The smallest absolute Gasteiger partial charge is 0.271 e. The summed E-state index contributed by atoms with van der Waals surface area (Å²) in [7, 11) is 0. The molecule has 0 fully saturated rings. The molecular weight excluding hydrogens is 423 g/mol. The van der Waals surface area contributed by atoms with Crippen molar-refractivity contribution in [2.24, 2.45) is 5.10 Å². The number of nitrogens with zero attached hydrogens (tertiary/aromatic N) is 5. The molecule has 0 spiro atoms. The van der Waals surface area contributed by atoms with E-state index < -0.39 is 11.7 Å². The summed E-state index contributed by atoms with van der Waals surface area (Å²) in [6.07, 6.45) is 4.38. The van der Waals surface area contributed by atoms with E-state index in [1.54, 1.807) is 30.3 Å². The lowest BCUT2D eigenvalue weighted by molar-refractivity contribution is -0.118. The lowest BCUT2D eigenvalue weighted by atomic mass is 10.1. The van der Waals surface area contributed by atoms with Gasteiger partial charge in [-0.05, 0) is 43.2 Å². The van der Waals surface area contributed by atoms with Crippen LogP contribution in [-0.4, -0.2) is 32.3 Å². The average molecular weight is 446 g/mol. The van der Waals surface area contributed by atoms with Crippen LogP contribution in [0.25, 0.3) is 11.4 Å². The molecule has 168 valence electrons. The van der Waals surface area contributed by atoms with Crippen LogP contribution in [0.5, 0.6) is 0 Å². The van der Waals surface area contributed by atoms with E-state index in [4.69, 9.17) is 0 Å². The van der Waals surface area contributed by atoms with Crippen LogP contribution in [-0.2, 0) is 22.6 Å². The molecule has 0 saturated heterocycles. The Hall–Kier alpha value is -3.88.